The van der Waals surface area contributed by atoms with Crippen molar-refractivity contribution in [2.24, 2.45) is 0 Å². The Hall–Kier alpha value is 0.394. The fourth-order valence-electron chi connectivity index (χ4n) is 2.92. The summed E-state index contributed by atoms with van der Waals surface area (Å²) in [4.78, 5) is 2.57. The molecular formula is C8H21NSi2. The Morgan fingerprint density at radius 3 is 1.55 bits per heavy atom. The molecule has 66 valence electrons. The monoisotopic (exact) mass is 187 g/mol. The SMILES string of the molecule is CN1C[Si](C)(C)C[Si](C)(C)C1. The van der Waals surface area contributed by atoms with Gasteiger partial charge < -0.3 is 4.90 Å². The summed E-state index contributed by atoms with van der Waals surface area (Å²) in [5.74, 6) is 0. The molecule has 0 aliphatic carbocycles. The van der Waals surface area contributed by atoms with Crippen molar-refractivity contribution in [2.45, 2.75) is 31.9 Å². The molecule has 0 unspecified atom stereocenters. The third-order valence-corrected chi connectivity index (χ3v) is 12.8. The maximum atomic E-state index is 2.57. The smallest absolute Gasteiger partial charge is 0.0604 e. The fraction of sp³-hybridized carbons (Fsp3) is 1.00. The third kappa shape index (κ3) is 2.72. The molecular weight excluding hydrogens is 166 g/mol. The van der Waals surface area contributed by atoms with Gasteiger partial charge in [-0.1, -0.05) is 31.9 Å². The second-order valence-electron chi connectivity index (χ2n) is 5.68. The molecule has 1 aliphatic heterocycles. The van der Waals surface area contributed by atoms with Crippen molar-refractivity contribution in [1.82, 2.24) is 4.90 Å². The highest BCUT2D eigenvalue weighted by molar-refractivity contribution is 6.96. The zero-order chi connectivity index (χ0) is 8.70. The summed E-state index contributed by atoms with van der Waals surface area (Å²) in [5.41, 5.74) is 1.63. The van der Waals surface area contributed by atoms with Crippen molar-refractivity contribution in [3.63, 3.8) is 0 Å². The standard InChI is InChI=1S/C8H21NSi2/c1-9-6-10(2,3)8-11(4,5)7-9/h6-8H2,1-5H3. The summed E-state index contributed by atoms with van der Waals surface area (Å²) in [6, 6.07) is 0. The van der Waals surface area contributed by atoms with Gasteiger partial charge >= 0.3 is 0 Å². The Labute approximate surface area is 72.8 Å². The van der Waals surface area contributed by atoms with Crippen LogP contribution in [-0.4, -0.2) is 40.4 Å². The van der Waals surface area contributed by atoms with Gasteiger partial charge in [0, 0.05) is 0 Å². The Bertz CT molecular complexity index is 138. The van der Waals surface area contributed by atoms with Gasteiger partial charge in [0.1, 0.15) is 0 Å². The molecule has 1 heterocycles. The van der Waals surface area contributed by atoms with Crippen LogP contribution in [0.25, 0.3) is 0 Å². The van der Waals surface area contributed by atoms with E-state index in [9.17, 15) is 0 Å². The van der Waals surface area contributed by atoms with E-state index in [0.717, 1.165) is 0 Å². The lowest BCUT2D eigenvalue weighted by molar-refractivity contribution is 0.430. The van der Waals surface area contributed by atoms with Gasteiger partial charge in [0.05, 0.1) is 16.1 Å². The molecule has 0 N–H and O–H groups in total. The maximum absolute atomic E-state index is 2.57. The lowest BCUT2D eigenvalue weighted by Crippen LogP contribution is -2.58. The van der Waals surface area contributed by atoms with Crippen molar-refractivity contribution in [3.05, 3.63) is 0 Å². The molecule has 0 atom stereocenters. The molecule has 0 aromatic carbocycles. The lowest BCUT2D eigenvalue weighted by atomic mass is 11.0. The highest BCUT2D eigenvalue weighted by atomic mass is 28.4. The molecule has 0 amide bonds. The molecule has 11 heavy (non-hydrogen) atoms. The summed E-state index contributed by atoms with van der Waals surface area (Å²) in [6.07, 6.45) is 2.84. The van der Waals surface area contributed by atoms with E-state index in [2.05, 4.69) is 38.1 Å². The Morgan fingerprint density at radius 2 is 1.27 bits per heavy atom. The molecule has 1 aliphatic rings. The van der Waals surface area contributed by atoms with Crippen LogP contribution in [0.4, 0.5) is 0 Å². The molecule has 3 heteroatoms. The van der Waals surface area contributed by atoms with Gasteiger partial charge in [0.15, 0.2) is 0 Å². The minimum atomic E-state index is -0.801. The van der Waals surface area contributed by atoms with Gasteiger partial charge in [-0.05, 0) is 19.4 Å². The summed E-state index contributed by atoms with van der Waals surface area (Å²) >= 11 is 0. The first-order valence-corrected chi connectivity index (χ1v) is 11.3. The van der Waals surface area contributed by atoms with Crippen LogP contribution in [0.15, 0.2) is 0 Å². The summed E-state index contributed by atoms with van der Waals surface area (Å²) in [5, 5.41) is 0. The maximum Gasteiger partial charge on any atom is 0.0604 e. The molecule has 0 spiro atoms. The predicted molar refractivity (Wildman–Crippen MR) is 57.3 cm³/mol. The Balaban J connectivity index is 2.66. The van der Waals surface area contributed by atoms with Gasteiger partial charge in [0.2, 0.25) is 0 Å². The second-order valence-corrected chi connectivity index (χ2v) is 16.4. The quantitative estimate of drug-likeness (QED) is 0.524. The van der Waals surface area contributed by atoms with E-state index in [1.165, 1.54) is 12.3 Å². The summed E-state index contributed by atoms with van der Waals surface area (Å²) < 4.78 is 0. The average Bonchev–Trinajstić information content (AvgIpc) is 1.49. The highest BCUT2D eigenvalue weighted by Crippen LogP contribution is 2.25. The van der Waals surface area contributed by atoms with E-state index in [4.69, 9.17) is 0 Å². The molecule has 1 saturated heterocycles. The number of hydrogen-bond acceptors (Lipinski definition) is 1. The normalized spacial score (nSPS) is 30.3. The van der Waals surface area contributed by atoms with Crippen molar-refractivity contribution in [1.29, 1.82) is 0 Å². The average molecular weight is 187 g/mol. The number of rotatable bonds is 0. The largest absolute Gasteiger partial charge is 0.312 e. The third-order valence-electron chi connectivity index (χ3n) is 2.35. The van der Waals surface area contributed by atoms with Crippen LogP contribution in [0.5, 0.6) is 0 Å². The predicted octanol–water partition coefficient (Wildman–Crippen LogP) is 1.97. The van der Waals surface area contributed by atoms with Crippen molar-refractivity contribution < 1.29 is 0 Å². The zero-order valence-electron chi connectivity index (χ0n) is 8.57. The molecule has 0 saturated carbocycles. The van der Waals surface area contributed by atoms with Gasteiger partial charge in [0.25, 0.3) is 0 Å². The highest BCUT2D eigenvalue weighted by Gasteiger charge is 2.38. The second kappa shape index (κ2) is 2.71. The van der Waals surface area contributed by atoms with Crippen LogP contribution in [0, 0.1) is 0 Å². The van der Waals surface area contributed by atoms with Crippen molar-refractivity contribution >= 4 is 16.1 Å². The van der Waals surface area contributed by atoms with Crippen molar-refractivity contribution in [2.75, 3.05) is 19.4 Å². The minimum absolute atomic E-state index is 0.801. The van der Waals surface area contributed by atoms with Crippen LogP contribution < -0.4 is 0 Å². The van der Waals surface area contributed by atoms with Crippen LogP contribution in [0.1, 0.15) is 0 Å². The molecule has 0 radical (unpaired) electrons. The minimum Gasteiger partial charge on any atom is -0.312 e. The van der Waals surface area contributed by atoms with E-state index in [1.807, 2.05) is 0 Å². The molecule has 1 rings (SSSR count). The van der Waals surface area contributed by atoms with Crippen molar-refractivity contribution in [3.8, 4) is 0 Å². The van der Waals surface area contributed by atoms with Gasteiger partial charge in [-0.15, -0.1) is 0 Å². The first-order chi connectivity index (χ1) is 4.81. The van der Waals surface area contributed by atoms with E-state index in [-0.39, 0.29) is 0 Å². The molecule has 0 bridgehead atoms. The summed E-state index contributed by atoms with van der Waals surface area (Å²) in [6.45, 7) is 10.2. The first kappa shape index (κ1) is 9.48. The zero-order valence-corrected chi connectivity index (χ0v) is 10.6. The van der Waals surface area contributed by atoms with Crippen LogP contribution in [0.2, 0.25) is 31.9 Å². The molecule has 0 aromatic heterocycles. The van der Waals surface area contributed by atoms with E-state index < -0.39 is 16.1 Å². The number of nitrogens with zero attached hydrogens (tertiary/aromatic N) is 1. The topological polar surface area (TPSA) is 3.24 Å². The van der Waals surface area contributed by atoms with E-state index in [0.29, 0.717) is 0 Å². The van der Waals surface area contributed by atoms with Gasteiger partial charge in [-0.3, -0.25) is 0 Å². The number of hydrogen-bond donors (Lipinski definition) is 0. The Kier molecular flexibility index (Phi) is 2.34. The molecule has 0 aromatic rings. The van der Waals surface area contributed by atoms with E-state index >= 15 is 0 Å². The van der Waals surface area contributed by atoms with Crippen LogP contribution in [-0.2, 0) is 0 Å². The van der Waals surface area contributed by atoms with Crippen LogP contribution >= 0.6 is 0 Å². The Morgan fingerprint density at radius 1 is 0.909 bits per heavy atom. The fourth-order valence-corrected chi connectivity index (χ4v) is 17.6. The molecule has 1 nitrogen and oxygen atoms in total. The first-order valence-electron chi connectivity index (χ1n) is 4.49. The van der Waals surface area contributed by atoms with Crippen LogP contribution in [0.3, 0.4) is 0 Å². The molecule has 1 fully saturated rings. The summed E-state index contributed by atoms with van der Waals surface area (Å²) in [7, 11) is 0.692. The van der Waals surface area contributed by atoms with Gasteiger partial charge in [-0.2, -0.15) is 0 Å². The van der Waals surface area contributed by atoms with Gasteiger partial charge in [-0.25, -0.2) is 0 Å². The lowest BCUT2D eigenvalue weighted by Gasteiger charge is -2.43. The van der Waals surface area contributed by atoms with E-state index in [1.54, 1.807) is 5.67 Å².